The monoisotopic (exact) mass is 458 g/mol. The van der Waals surface area contributed by atoms with Crippen LogP contribution in [0.25, 0.3) is 21.9 Å². The van der Waals surface area contributed by atoms with Crippen molar-refractivity contribution in [2.45, 2.75) is 79.1 Å². The van der Waals surface area contributed by atoms with Crippen molar-refractivity contribution in [3.05, 3.63) is 69.2 Å². The normalized spacial score (nSPS) is 16.2. The highest BCUT2D eigenvalue weighted by atomic mass is 16.4. The fourth-order valence-corrected chi connectivity index (χ4v) is 5.93. The molecule has 0 amide bonds. The lowest BCUT2D eigenvalue weighted by molar-refractivity contribution is 0.446. The number of phenols is 2. The van der Waals surface area contributed by atoms with E-state index in [1.165, 1.54) is 11.1 Å². The standard InChI is InChI=1S/C30H34O4/c1-6-7-8-11-20-17(3)13-22-19(5)24(34-29(22)27(20)31)14-23-25-16(2)10-9-12-21(25)28(32)30-26(23)18(4)15-33-30/h6-7,13,15-16,31-32H,8-12,14H2,1-5H3/b7-6+. The van der Waals surface area contributed by atoms with Crippen LogP contribution in [0, 0.1) is 20.8 Å². The fraction of sp³-hybridized carbons (Fsp3) is 0.400. The Labute approximate surface area is 200 Å². The number of allylic oxidation sites excluding steroid dienone is 2. The second-order valence-corrected chi connectivity index (χ2v) is 9.97. The molecule has 4 aromatic rings. The third-order valence-corrected chi connectivity index (χ3v) is 7.75. The molecule has 4 nitrogen and oxygen atoms in total. The average molecular weight is 459 g/mol. The molecule has 0 spiro atoms. The number of hydrogen-bond acceptors (Lipinski definition) is 4. The zero-order valence-electron chi connectivity index (χ0n) is 20.8. The first-order valence-electron chi connectivity index (χ1n) is 12.4. The maximum absolute atomic E-state index is 11.1. The topological polar surface area (TPSA) is 66.7 Å². The highest BCUT2D eigenvalue weighted by Crippen LogP contribution is 2.47. The zero-order valence-corrected chi connectivity index (χ0v) is 20.8. The van der Waals surface area contributed by atoms with Crippen LogP contribution < -0.4 is 0 Å². The first-order valence-corrected chi connectivity index (χ1v) is 12.4. The Morgan fingerprint density at radius 3 is 2.62 bits per heavy atom. The molecular formula is C30H34O4. The van der Waals surface area contributed by atoms with Crippen LogP contribution in [0.3, 0.4) is 0 Å². The molecule has 2 aromatic heterocycles. The van der Waals surface area contributed by atoms with Crippen LogP contribution in [0.2, 0.25) is 0 Å². The van der Waals surface area contributed by atoms with E-state index in [4.69, 9.17) is 8.83 Å². The van der Waals surface area contributed by atoms with E-state index in [1.807, 2.05) is 19.9 Å². The van der Waals surface area contributed by atoms with Gasteiger partial charge in [0.2, 0.25) is 0 Å². The van der Waals surface area contributed by atoms with Crippen LogP contribution in [0.15, 0.2) is 33.3 Å². The Hall–Kier alpha value is -3.14. The largest absolute Gasteiger partial charge is 0.504 e. The lowest BCUT2D eigenvalue weighted by atomic mass is 9.78. The second kappa shape index (κ2) is 8.57. The second-order valence-electron chi connectivity index (χ2n) is 9.97. The van der Waals surface area contributed by atoms with E-state index in [2.05, 4.69) is 32.9 Å². The summed E-state index contributed by atoms with van der Waals surface area (Å²) in [6.07, 6.45) is 11.2. The minimum Gasteiger partial charge on any atom is -0.504 e. The van der Waals surface area contributed by atoms with Crippen molar-refractivity contribution in [3.8, 4) is 11.5 Å². The van der Waals surface area contributed by atoms with Gasteiger partial charge in [-0.15, -0.1) is 0 Å². The van der Waals surface area contributed by atoms with Gasteiger partial charge in [-0.1, -0.05) is 19.1 Å². The summed E-state index contributed by atoms with van der Waals surface area (Å²) in [5, 5.41) is 24.1. The van der Waals surface area contributed by atoms with E-state index >= 15 is 0 Å². The Balaban J connectivity index is 1.68. The fourth-order valence-electron chi connectivity index (χ4n) is 5.93. The van der Waals surface area contributed by atoms with E-state index < -0.39 is 0 Å². The zero-order chi connectivity index (χ0) is 24.1. The number of furan rings is 2. The molecule has 0 bridgehead atoms. The molecule has 178 valence electrons. The van der Waals surface area contributed by atoms with Crippen molar-refractivity contribution in [1.82, 2.24) is 0 Å². The summed E-state index contributed by atoms with van der Waals surface area (Å²) >= 11 is 0. The summed E-state index contributed by atoms with van der Waals surface area (Å²) in [6.45, 7) is 10.4. The number of phenolic OH excluding ortho intramolecular Hbond substituents is 2. The van der Waals surface area contributed by atoms with Gasteiger partial charge in [0, 0.05) is 28.3 Å². The SMILES string of the molecule is C/C=C/CCc1c(C)cc2c(C)c(Cc3c4c(c(O)c5occ(C)c35)CCCC4C)oc2c1O. The molecule has 1 aliphatic rings. The molecule has 2 aromatic carbocycles. The van der Waals surface area contributed by atoms with Crippen LogP contribution >= 0.6 is 0 Å². The maximum Gasteiger partial charge on any atom is 0.176 e. The van der Waals surface area contributed by atoms with Gasteiger partial charge in [-0.3, -0.25) is 0 Å². The van der Waals surface area contributed by atoms with Crippen molar-refractivity contribution in [3.63, 3.8) is 0 Å². The van der Waals surface area contributed by atoms with Crippen LogP contribution in [0.5, 0.6) is 11.5 Å². The van der Waals surface area contributed by atoms with Crippen molar-refractivity contribution >= 4 is 21.9 Å². The summed E-state index contributed by atoms with van der Waals surface area (Å²) in [4.78, 5) is 0. The summed E-state index contributed by atoms with van der Waals surface area (Å²) in [5.41, 5.74) is 8.75. The predicted octanol–water partition coefficient (Wildman–Crippen LogP) is 8.05. The van der Waals surface area contributed by atoms with Gasteiger partial charge in [0.1, 0.15) is 5.76 Å². The molecule has 2 heterocycles. The van der Waals surface area contributed by atoms with Gasteiger partial charge in [-0.2, -0.15) is 0 Å². The summed E-state index contributed by atoms with van der Waals surface area (Å²) in [7, 11) is 0. The van der Waals surface area contributed by atoms with Gasteiger partial charge in [0.15, 0.2) is 22.7 Å². The van der Waals surface area contributed by atoms with Crippen LogP contribution in [-0.2, 0) is 19.3 Å². The number of benzene rings is 2. The molecule has 0 radical (unpaired) electrons. The van der Waals surface area contributed by atoms with Gasteiger partial charge < -0.3 is 19.0 Å². The smallest absolute Gasteiger partial charge is 0.176 e. The Kier molecular flexibility index (Phi) is 5.71. The predicted molar refractivity (Wildman–Crippen MR) is 137 cm³/mol. The molecule has 2 N–H and O–H groups in total. The van der Waals surface area contributed by atoms with Crippen molar-refractivity contribution < 1.29 is 19.0 Å². The first-order chi connectivity index (χ1) is 16.3. The molecule has 1 atom stereocenters. The minimum absolute atomic E-state index is 0.264. The number of aryl methyl sites for hydroxylation is 3. The molecular weight excluding hydrogens is 424 g/mol. The van der Waals surface area contributed by atoms with Crippen LogP contribution in [-0.4, -0.2) is 10.2 Å². The van der Waals surface area contributed by atoms with Gasteiger partial charge in [-0.05, 0) is 99.6 Å². The van der Waals surface area contributed by atoms with Crippen molar-refractivity contribution in [1.29, 1.82) is 0 Å². The molecule has 0 saturated heterocycles. The number of rotatable bonds is 5. The minimum atomic E-state index is 0.264. The quantitative estimate of drug-likeness (QED) is 0.297. The Morgan fingerprint density at radius 2 is 1.85 bits per heavy atom. The molecule has 0 aliphatic heterocycles. The lowest BCUT2D eigenvalue weighted by Gasteiger charge is -2.27. The summed E-state index contributed by atoms with van der Waals surface area (Å²) in [6, 6.07) is 2.15. The molecule has 1 aliphatic carbocycles. The lowest BCUT2D eigenvalue weighted by Crippen LogP contribution is -2.12. The number of hydrogen-bond donors (Lipinski definition) is 2. The molecule has 0 saturated carbocycles. The average Bonchev–Trinajstić information content (AvgIpc) is 3.34. The highest BCUT2D eigenvalue weighted by Gasteiger charge is 2.29. The summed E-state index contributed by atoms with van der Waals surface area (Å²) in [5.74, 6) is 1.79. The maximum atomic E-state index is 11.1. The molecule has 1 unspecified atom stereocenters. The first kappa shape index (κ1) is 22.6. The molecule has 5 rings (SSSR count). The Morgan fingerprint density at radius 1 is 1.06 bits per heavy atom. The van der Waals surface area contributed by atoms with Crippen LogP contribution in [0.1, 0.15) is 83.7 Å². The van der Waals surface area contributed by atoms with E-state index in [-0.39, 0.29) is 5.75 Å². The van der Waals surface area contributed by atoms with Gasteiger partial charge >= 0.3 is 0 Å². The number of aromatic hydroxyl groups is 2. The van der Waals surface area contributed by atoms with E-state index in [9.17, 15) is 10.2 Å². The van der Waals surface area contributed by atoms with Crippen molar-refractivity contribution in [2.75, 3.05) is 0 Å². The van der Waals surface area contributed by atoms with E-state index in [0.717, 1.165) is 76.5 Å². The third kappa shape index (κ3) is 3.43. The Bertz CT molecular complexity index is 1430. The van der Waals surface area contributed by atoms with E-state index in [1.54, 1.807) is 6.26 Å². The van der Waals surface area contributed by atoms with Gasteiger partial charge in [0.05, 0.1) is 6.26 Å². The molecule has 0 fully saturated rings. The van der Waals surface area contributed by atoms with E-state index in [0.29, 0.717) is 29.3 Å². The highest BCUT2D eigenvalue weighted by molar-refractivity contribution is 5.93. The summed E-state index contributed by atoms with van der Waals surface area (Å²) < 4.78 is 12.2. The molecule has 34 heavy (non-hydrogen) atoms. The molecule has 4 heteroatoms. The van der Waals surface area contributed by atoms with Gasteiger partial charge in [0.25, 0.3) is 0 Å². The van der Waals surface area contributed by atoms with Crippen LogP contribution in [0.4, 0.5) is 0 Å². The third-order valence-electron chi connectivity index (χ3n) is 7.75. The van der Waals surface area contributed by atoms with Crippen molar-refractivity contribution in [2.24, 2.45) is 0 Å². The van der Waals surface area contributed by atoms with Gasteiger partial charge in [-0.25, -0.2) is 0 Å². The number of fused-ring (bicyclic) bond motifs is 3.